The molecule has 1 amide bonds. The van der Waals surface area contributed by atoms with Gasteiger partial charge in [0.05, 0.1) is 0 Å². The van der Waals surface area contributed by atoms with Crippen LogP contribution in [0, 0.1) is 11.3 Å². The van der Waals surface area contributed by atoms with Gasteiger partial charge < -0.3 is 26.4 Å². The van der Waals surface area contributed by atoms with Crippen molar-refractivity contribution in [3.05, 3.63) is 68.9 Å². The van der Waals surface area contributed by atoms with Crippen molar-refractivity contribution in [1.29, 1.82) is 5.26 Å². The van der Waals surface area contributed by atoms with Crippen LogP contribution in [0.2, 0.25) is 0 Å². The molecule has 13 heteroatoms. The maximum atomic E-state index is 12.7. The predicted molar refractivity (Wildman–Crippen MR) is 153 cm³/mol. The highest BCUT2D eigenvalue weighted by atomic mass is 32.1. The molecule has 0 saturated carbocycles. The SMILES string of the molecule is C=CCOC(=O)C(C#N)=c1sc(=CNc2ccnc(NC(C)=O)c2)c(=O)n1CC.CCNc1cc(N)ccn1. The fourth-order valence-corrected chi connectivity index (χ4v) is 4.10. The zero-order chi connectivity index (χ0) is 28.8. The predicted octanol–water partition coefficient (Wildman–Crippen LogP) is 1.63. The molecule has 0 saturated heterocycles. The minimum absolute atomic E-state index is 0.0367. The van der Waals surface area contributed by atoms with Crippen molar-refractivity contribution in [1.82, 2.24) is 14.5 Å². The molecule has 0 aliphatic rings. The second kappa shape index (κ2) is 15.3. The number of nitrogens with two attached hydrogens (primary N) is 1. The average molecular weight is 551 g/mol. The quantitative estimate of drug-likeness (QED) is 0.226. The molecule has 0 radical (unpaired) electrons. The van der Waals surface area contributed by atoms with Gasteiger partial charge in [0.2, 0.25) is 5.91 Å². The molecule has 0 aliphatic carbocycles. The second-order valence-electron chi connectivity index (χ2n) is 7.60. The molecule has 204 valence electrons. The number of carbonyl (C=O) groups is 2. The molecule has 3 aromatic rings. The van der Waals surface area contributed by atoms with Gasteiger partial charge >= 0.3 is 5.97 Å². The first kappa shape index (κ1) is 30.3. The van der Waals surface area contributed by atoms with Gasteiger partial charge in [-0.3, -0.25) is 14.2 Å². The monoisotopic (exact) mass is 550 g/mol. The van der Waals surface area contributed by atoms with Crippen LogP contribution in [0.1, 0.15) is 20.8 Å². The molecule has 0 unspecified atom stereocenters. The van der Waals surface area contributed by atoms with Crippen molar-refractivity contribution in [2.75, 3.05) is 34.8 Å². The van der Waals surface area contributed by atoms with E-state index in [1.54, 1.807) is 31.3 Å². The fraction of sp³-hybridized carbons (Fsp3) is 0.231. The van der Waals surface area contributed by atoms with Crippen molar-refractivity contribution in [3.8, 4) is 6.07 Å². The smallest absolute Gasteiger partial charge is 0.352 e. The summed E-state index contributed by atoms with van der Waals surface area (Å²) in [5.41, 5.74) is 6.25. The number of amides is 1. The van der Waals surface area contributed by atoms with Crippen LogP contribution < -0.4 is 36.4 Å². The van der Waals surface area contributed by atoms with Gasteiger partial charge in [-0.25, -0.2) is 14.8 Å². The lowest BCUT2D eigenvalue weighted by atomic mass is 10.3. The first-order chi connectivity index (χ1) is 18.7. The molecule has 39 heavy (non-hydrogen) atoms. The number of nitrogens with one attached hydrogen (secondary N) is 3. The number of carbonyl (C=O) groups excluding carboxylic acids is 2. The van der Waals surface area contributed by atoms with Gasteiger partial charge in [-0.15, -0.1) is 11.3 Å². The lowest BCUT2D eigenvalue weighted by Gasteiger charge is -2.03. The van der Waals surface area contributed by atoms with Crippen molar-refractivity contribution in [2.24, 2.45) is 0 Å². The van der Waals surface area contributed by atoms with Crippen LogP contribution in [0.15, 0.2) is 54.1 Å². The molecule has 0 spiro atoms. The lowest BCUT2D eigenvalue weighted by molar-refractivity contribution is -0.135. The highest BCUT2D eigenvalue weighted by Crippen LogP contribution is 2.11. The number of anilines is 4. The van der Waals surface area contributed by atoms with Gasteiger partial charge in [0, 0.05) is 62.1 Å². The molecule has 0 fully saturated rings. The first-order valence-electron chi connectivity index (χ1n) is 11.8. The number of pyridine rings is 2. The zero-order valence-corrected chi connectivity index (χ0v) is 22.7. The standard InChI is InChI=1S/C19H19N5O4S.C7H11N3/c1-4-8-28-19(27)14(10-20)18-24(5-2)17(26)15(29-18)11-22-13-6-7-21-16(9-13)23-12(3)25;1-2-9-7-5-6(8)3-4-10-7/h4,6-7,9,11H,1,5,8H2,2-3H3,(H2,21,22,23,25);3-5H,2H2,1H3,(H3,8,9,10). The third-order valence-corrected chi connectivity index (χ3v) is 5.79. The van der Waals surface area contributed by atoms with E-state index in [1.807, 2.05) is 19.1 Å². The molecule has 3 heterocycles. The maximum absolute atomic E-state index is 12.7. The summed E-state index contributed by atoms with van der Waals surface area (Å²) in [6.07, 6.45) is 6.05. The fourth-order valence-electron chi connectivity index (χ4n) is 3.02. The van der Waals surface area contributed by atoms with Crippen LogP contribution in [-0.4, -0.2) is 39.6 Å². The number of thiazole rings is 1. The van der Waals surface area contributed by atoms with Crippen molar-refractivity contribution in [3.63, 3.8) is 0 Å². The summed E-state index contributed by atoms with van der Waals surface area (Å²) < 4.78 is 6.78. The summed E-state index contributed by atoms with van der Waals surface area (Å²) in [6.45, 7) is 9.70. The summed E-state index contributed by atoms with van der Waals surface area (Å²) in [5.74, 6) is 0.126. The molecule has 12 nitrogen and oxygen atoms in total. The van der Waals surface area contributed by atoms with Crippen LogP contribution in [0.3, 0.4) is 0 Å². The summed E-state index contributed by atoms with van der Waals surface area (Å²) in [6, 6.07) is 8.65. The summed E-state index contributed by atoms with van der Waals surface area (Å²) in [7, 11) is 0. The number of ether oxygens (including phenoxy) is 1. The molecule has 0 aliphatic heterocycles. The number of esters is 1. The van der Waals surface area contributed by atoms with Crippen LogP contribution in [0.5, 0.6) is 0 Å². The highest BCUT2D eigenvalue weighted by molar-refractivity contribution is 7.07. The Hall–Kier alpha value is -4.96. The molecule has 3 aromatic heterocycles. The Labute approximate surface area is 229 Å². The highest BCUT2D eigenvalue weighted by Gasteiger charge is 2.16. The number of nitriles is 1. The van der Waals surface area contributed by atoms with Crippen molar-refractivity contribution < 1.29 is 14.3 Å². The Morgan fingerprint density at radius 2 is 1.95 bits per heavy atom. The van der Waals surface area contributed by atoms with E-state index in [-0.39, 0.29) is 34.9 Å². The third-order valence-electron chi connectivity index (χ3n) is 4.66. The number of nitrogen functional groups attached to an aromatic ring is 1. The van der Waals surface area contributed by atoms with Gasteiger partial charge in [0.15, 0.2) is 5.57 Å². The molecular weight excluding hydrogens is 520 g/mol. The van der Waals surface area contributed by atoms with E-state index in [1.165, 1.54) is 30.0 Å². The molecule has 5 N–H and O–H groups in total. The normalized spacial score (nSPS) is 11.3. The molecule has 0 atom stereocenters. The minimum atomic E-state index is -0.815. The Bertz CT molecular complexity index is 1540. The molecular formula is C26H30N8O4S. The number of hydrogen-bond acceptors (Lipinski definition) is 11. The number of aromatic nitrogens is 3. The number of rotatable bonds is 9. The van der Waals surface area contributed by atoms with Crippen LogP contribution in [-0.2, 0) is 20.9 Å². The van der Waals surface area contributed by atoms with E-state index in [0.717, 1.165) is 29.4 Å². The van der Waals surface area contributed by atoms with E-state index >= 15 is 0 Å². The molecule has 0 bridgehead atoms. The Morgan fingerprint density at radius 1 is 1.23 bits per heavy atom. The molecule has 3 rings (SSSR count). The van der Waals surface area contributed by atoms with Crippen LogP contribution in [0.4, 0.5) is 23.0 Å². The van der Waals surface area contributed by atoms with E-state index < -0.39 is 5.97 Å². The maximum Gasteiger partial charge on any atom is 0.352 e. The van der Waals surface area contributed by atoms with Gasteiger partial charge in [-0.05, 0) is 26.0 Å². The third kappa shape index (κ3) is 9.13. The Kier molecular flexibility index (Phi) is 11.9. The lowest BCUT2D eigenvalue weighted by Crippen LogP contribution is -2.32. The van der Waals surface area contributed by atoms with E-state index in [2.05, 4.69) is 32.5 Å². The average Bonchev–Trinajstić information content (AvgIpc) is 3.21. The number of nitrogens with zero attached hydrogens (tertiary/aromatic N) is 4. The molecule has 0 aromatic carbocycles. The summed E-state index contributed by atoms with van der Waals surface area (Å²) in [4.78, 5) is 44.0. The van der Waals surface area contributed by atoms with Crippen molar-refractivity contribution >= 4 is 58.0 Å². The second-order valence-corrected chi connectivity index (χ2v) is 8.63. The largest absolute Gasteiger partial charge is 0.457 e. The summed E-state index contributed by atoms with van der Waals surface area (Å²) in [5, 5.41) is 18.0. The zero-order valence-electron chi connectivity index (χ0n) is 21.9. The van der Waals surface area contributed by atoms with E-state index in [4.69, 9.17) is 10.5 Å². The van der Waals surface area contributed by atoms with Gasteiger partial charge in [-0.1, -0.05) is 12.7 Å². The van der Waals surface area contributed by atoms with Crippen LogP contribution in [0.25, 0.3) is 11.8 Å². The van der Waals surface area contributed by atoms with E-state index in [0.29, 0.717) is 16.0 Å². The summed E-state index contributed by atoms with van der Waals surface area (Å²) >= 11 is 1.00. The van der Waals surface area contributed by atoms with Crippen LogP contribution >= 0.6 is 11.3 Å². The Balaban J connectivity index is 0.000000446. The van der Waals surface area contributed by atoms with Crippen molar-refractivity contribution in [2.45, 2.75) is 27.3 Å². The minimum Gasteiger partial charge on any atom is -0.457 e. The Morgan fingerprint density at radius 3 is 2.56 bits per heavy atom. The first-order valence-corrected chi connectivity index (χ1v) is 12.6. The number of hydrogen-bond donors (Lipinski definition) is 4. The van der Waals surface area contributed by atoms with Gasteiger partial charge in [0.25, 0.3) is 5.56 Å². The van der Waals surface area contributed by atoms with E-state index in [9.17, 15) is 19.6 Å². The van der Waals surface area contributed by atoms with Gasteiger partial charge in [-0.2, -0.15) is 5.26 Å². The van der Waals surface area contributed by atoms with Gasteiger partial charge in [0.1, 0.15) is 33.5 Å². The topological polar surface area (TPSA) is 177 Å².